The van der Waals surface area contributed by atoms with Crippen molar-refractivity contribution in [1.82, 2.24) is 9.88 Å². The van der Waals surface area contributed by atoms with Crippen LogP contribution in [0.1, 0.15) is 25.0 Å². The zero-order valence-corrected chi connectivity index (χ0v) is 13.1. The lowest BCUT2D eigenvalue weighted by Crippen LogP contribution is -2.51. The molecule has 1 aliphatic heterocycles. The van der Waals surface area contributed by atoms with Crippen molar-refractivity contribution in [3.05, 3.63) is 29.5 Å². The number of fused-ring (bicyclic) bond motifs is 1. The highest BCUT2D eigenvalue weighted by Crippen LogP contribution is 2.30. The molecule has 0 radical (unpaired) electrons. The average Bonchev–Trinajstić information content (AvgIpc) is 3.27. The van der Waals surface area contributed by atoms with Gasteiger partial charge in [0.05, 0.1) is 37.1 Å². The Bertz CT molecular complexity index is 652. The van der Waals surface area contributed by atoms with E-state index in [2.05, 4.69) is 4.98 Å². The monoisotopic (exact) mass is 318 g/mol. The summed E-state index contributed by atoms with van der Waals surface area (Å²) in [5.74, 6) is 0.919. The quantitative estimate of drug-likeness (QED) is 0.873. The fourth-order valence-corrected chi connectivity index (χ4v) is 4.18. The third kappa shape index (κ3) is 2.57. The number of morpholine rings is 1. The normalized spacial score (nSPS) is 24.5. The van der Waals surface area contributed by atoms with Crippen LogP contribution in [0.25, 0.3) is 10.8 Å². The van der Waals surface area contributed by atoms with Crippen molar-refractivity contribution in [2.75, 3.05) is 13.2 Å². The molecule has 5 nitrogen and oxygen atoms in total. The standard InChI is InChI=1S/C16H18N2O3S/c19-15(18-6-8-21-13-4-1-3-12(13)18)9-11-10-22-16(17-11)14-5-2-7-20-14/h2,5,7,10,12-13H,1,3-4,6,8-9H2/t12-,13-/m0/s1. The predicted octanol–water partition coefficient (Wildman–Crippen LogP) is 2.73. The number of amides is 1. The van der Waals surface area contributed by atoms with Gasteiger partial charge in [0.2, 0.25) is 5.91 Å². The van der Waals surface area contributed by atoms with Crippen LogP contribution in [0.4, 0.5) is 0 Å². The van der Waals surface area contributed by atoms with E-state index in [1.807, 2.05) is 22.4 Å². The Balaban J connectivity index is 1.45. The van der Waals surface area contributed by atoms with Gasteiger partial charge in [-0.1, -0.05) is 0 Å². The van der Waals surface area contributed by atoms with Gasteiger partial charge >= 0.3 is 0 Å². The molecule has 1 amide bonds. The molecular weight excluding hydrogens is 300 g/mol. The lowest BCUT2D eigenvalue weighted by Gasteiger charge is -2.37. The maximum absolute atomic E-state index is 12.6. The van der Waals surface area contributed by atoms with Crippen molar-refractivity contribution in [3.8, 4) is 10.8 Å². The molecule has 1 saturated carbocycles. The Morgan fingerprint density at radius 3 is 3.27 bits per heavy atom. The molecule has 0 aromatic carbocycles. The molecule has 2 aromatic heterocycles. The Morgan fingerprint density at radius 2 is 2.41 bits per heavy atom. The molecule has 2 aliphatic rings. The number of carbonyl (C=O) groups excluding carboxylic acids is 1. The van der Waals surface area contributed by atoms with E-state index in [1.165, 1.54) is 11.3 Å². The molecule has 0 bridgehead atoms. The molecule has 1 saturated heterocycles. The van der Waals surface area contributed by atoms with Gasteiger partial charge in [-0.3, -0.25) is 4.79 Å². The van der Waals surface area contributed by atoms with Gasteiger partial charge in [0.25, 0.3) is 0 Å². The summed E-state index contributed by atoms with van der Waals surface area (Å²) in [5, 5.41) is 2.77. The van der Waals surface area contributed by atoms with Crippen LogP contribution in [0.5, 0.6) is 0 Å². The lowest BCUT2D eigenvalue weighted by atomic mass is 10.1. The summed E-state index contributed by atoms with van der Waals surface area (Å²) in [6.45, 7) is 1.36. The Hall–Kier alpha value is -1.66. The first-order valence-corrected chi connectivity index (χ1v) is 8.58. The molecule has 0 spiro atoms. The van der Waals surface area contributed by atoms with Crippen LogP contribution in [0.15, 0.2) is 28.2 Å². The first-order chi connectivity index (χ1) is 10.8. The molecule has 6 heteroatoms. The highest BCUT2D eigenvalue weighted by Gasteiger charge is 2.38. The minimum Gasteiger partial charge on any atom is -0.462 e. The van der Waals surface area contributed by atoms with E-state index in [-0.39, 0.29) is 18.1 Å². The molecule has 2 fully saturated rings. The largest absolute Gasteiger partial charge is 0.462 e. The average molecular weight is 318 g/mol. The Kier molecular flexibility index (Phi) is 3.72. The number of hydrogen-bond acceptors (Lipinski definition) is 5. The second-order valence-electron chi connectivity index (χ2n) is 5.79. The van der Waals surface area contributed by atoms with E-state index >= 15 is 0 Å². The summed E-state index contributed by atoms with van der Waals surface area (Å²) in [7, 11) is 0. The number of hydrogen-bond donors (Lipinski definition) is 0. The first kappa shape index (κ1) is 14.0. The Labute approximate surface area is 132 Å². The fraction of sp³-hybridized carbons (Fsp3) is 0.500. The highest BCUT2D eigenvalue weighted by molar-refractivity contribution is 7.13. The third-order valence-corrected chi connectivity index (χ3v) is 5.32. The summed E-state index contributed by atoms with van der Waals surface area (Å²) in [6.07, 6.45) is 5.53. The second-order valence-corrected chi connectivity index (χ2v) is 6.65. The number of thiazole rings is 1. The maximum atomic E-state index is 12.6. The zero-order valence-electron chi connectivity index (χ0n) is 12.2. The van der Waals surface area contributed by atoms with Gasteiger partial charge in [-0.05, 0) is 31.4 Å². The third-order valence-electron chi connectivity index (χ3n) is 4.42. The van der Waals surface area contributed by atoms with E-state index < -0.39 is 0 Å². The van der Waals surface area contributed by atoms with Gasteiger partial charge in [-0.15, -0.1) is 11.3 Å². The van der Waals surface area contributed by atoms with Gasteiger partial charge < -0.3 is 14.1 Å². The zero-order chi connectivity index (χ0) is 14.9. The molecular formula is C16H18N2O3S. The lowest BCUT2D eigenvalue weighted by molar-refractivity contribution is -0.143. The van der Waals surface area contributed by atoms with Crippen molar-refractivity contribution < 1.29 is 13.9 Å². The van der Waals surface area contributed by atoms with Gasteiger partial charge in [0.15, 0.2) is 10.8 Å². The number of aromatic nitrogens is 1. The van der Waals surface area contributed by atoms with E-state index in [4.69, 9.17) is 9.15 Å². The van der Waals surface area contributed by atoms with Crippen molar-refractivity contribution in [3.63, 3.8) is 0 Å². The van der Waals surface area contributed by atoms with Crippen molar-refractivity contribution in [2.45, 2.75) is 37.8 Å². The smallest absolute Gasteiger partial charge is 0.229 e. The minimum atomic E-state index is 0.163. The molecule has 116 valence electrons. The topological polar surface area (TPSA) is 55.6 Å². The maximum Gasteiger partial charge on any atom is 0.229 e. The second kappa shape index (κ2) is 5.85. The number of nitrogens with zero attached hydrogens (tertiary/aromatic N) is 2. The van der Waals surface area contributed by atoms with Crippen molar-refractivity contribution in [2.24, 2.45) is 0 Å². The summed E-state index contributed by atoms with van der Waals surface area (Å²) >= 11 is 1.52. The van der Waals surface area contributed by atoms with Crippen LogP contribution in [-0.2, 0) is 16.0 Å². The molecule has 2 atom stereocenters. The number of furan rings is 1. The van der Waals surface area contributed by atoms with Crippen LogP contribution in [-0.4, -0.2) is 41.1 Å². The minimum absolute atomic E-state index is 0.163. The molecule has 1 aliphatic carbocycles. The summed E-state index contributed by atoms with van der Waals surface area (Å²) in [6, 6.07) is 4.00. The van der Waals surface area contributed by atoms with Crippen molar-refractivity contribution >= 4 is 17.2 Å². The molecule has 3 heterocycles. The first-order valence-electron chi connectivity index (χ1n) is 7.70. The van der Waals surface area contributed by atoms with Crippen LogP contribution in [0.3, 0.4) is 0 Å². The van der Waals surface area contributed by atoms with Gasteiger partial charge in [0.1, 0.15) is 0 Å². The van der Waals surface area contributed by atoms with Gasteiger partial charge in [-0.25, -0.2) is 4.98 Å². The number of rotatable bonds is 3. The molecule has 0 unspecified atom stereocenters. The van der Waals surface area contributed by atoms with Crippen LogP contribution in [0, 0.1) is 0 Å². The molecule has 2 aromatic rings. The summed E-state index contributed by atoms with van der Waals surface area (Å²) in [5.41, 5.74) is 0.822. The van der Waals surface area contributed by atoms with Crippen LogP contribution >= 0.6 is 11.3 Å². The molecule has 0 N–H and O–H groups in total. The number of carbonyl (C=O) groups is 1. The molecule has 22 heavy (non-hydrogen) atoms. The summed E-state index contributed by atoms with van der Waals surface area (Å²) in [4.78, 5) is 19.1. The van der Waals surface area contributed by atoms with E-state index in [1.54, 1.807) is 6.26 Å². The van der Waals surface area contributed by atoms with Gasteiger partial charge in [-0.2, -0.15) is 0 Å². The molecule has 4 rings (SSSR count). The van der Waals surface area contributed by atoms with Crippen LogP contribution < -0.4 is 0 Å². The van der Waals surface area contributed by atoms with Crippen LogP contribution in [0.2, 0.25) is 0 Å². The SMILES string of the molecule is O=C(Cc1csc(-c2ccco2)n1)N1CCO[C@H]2CCC[C@@H]21. The van der Waals surface area contributed by atoms with Crippen molar-refractivity contribution in [1.29, 1.82) is 0 Å². The van der Waals surface area contributed by atoms with E-state index in [0.717, 1.165) is 35.7 Å². The van der Waals surface area contributed by atoms with Gasteiger partial charge in [0, 0.05) is 11.9 Å². The van der Waals surface area contributed by atoms with E-state index in [9.17, 15) is 4.79 Å². The number of ether oxygens (including phenoxy) is 1. The predicted molar refractivity (Wildman–Crippen MR) is 82.6 cm³/mol. The fourth-order valence-electron chi connectivity index (χ4n) is 3.39. The Morgan fingerprint density at radius 1 is 1.45 bits per heavy atom. The van der Waals surface area contributed by atoms with E-state index in [0.29, 0.717) is 19.6 Å². The highest BCUT2D eigenvalue weighted by atomic mass is 32.1. The summed E-state index contributed by atoms with van der Waals surface area (Å²) < 4.78 is 11.1.